The summed E-state index contributed by atoms with van der Waals surface area (Å²) in [6.45, 7) is 7.80. The van der Waals surface area contributed by atoms with Crippen LogP contribution >= 0.6 is 11.6 Å². The van der Waals surface area contributed by atoms with Crippen molar-refractivity contribution in [1.29, 1.82) is 0 Å². The monoisotopic (exact) mass is 485 g/mol. The standard InChI is InChI=1S/C25H29ClFN5O2/c1-25(2,3)21(20-15-34-12-11-31(20)24(28)33)23-29-22(18-13-17(26)9-10-19(18)27)30-32(23)14-16-7-5-4-6-8-16/h4-10,13,20-21H,11-12,14-15H2,1-3H3,(H2,28,33)/t20?,21-/m1/s1. The minimum absolute atomic E-state index is 0.222. The number of morpholine rings is 1. The number of aromatic nitrogens is 3. The molecule has 1 aromatic heterocycles. The van der Waals surface area contributed by atoms with E-state index >= 15 is 0 Å². The molecule has 1 fully saturated rings. The lowest BCUT2D eigenvalue weighted by Gasteiger charge is -2.43. The molecule has 2 amide bonds. The highest BCUT2D eigenvalue weighted by atomic mass is 35.5. The lowest BCUT2D eigenvalue weighted by atomic mass is 9.75. The maximum Gasteiger partial charge on any atom is 0.315 e. The first-order valence-corrected chi connectivity index (χ1v) is 11.6. The number of urea groups is 1. The topological polar surface area (TPSA) is 86.3 Å². The number of carbonyl (C=O) groups is 1. The predicted molar refractivity (Wildman–Crippen MR) is 129 cm³/mol. The Balaban J connectivity index is 1.87. The van der Waals surface area contributed by atoms with Crippen LogP contribution in [0.3, 0.4) is 0 Å². The molecule has 0 aliphatic carbocycles. The summed E-state index contributed by atoms with van der Waals surface area (Å²) in [5.41, 5.74) is 6.63. The van der Waals surface area contributed by atoms with Gasteiger partial charge in [-0.25, -0.2) is 18.9 Å². The van der Waals surface area contributed by atoms with Crippen molar-refractivity contribution < 1.29 is 13.9 Å². The Kier molecular flexibility index (Phi) is 6.91. The Hall–Kier alpha value is -2.97. The number of hydrogen-bond donors (Lipinski definition) is 1. The molecule has 2 N–H and O–H groups in total. The average molecular weight is 486 g/mol. The molecule has 180 valence electrons. The van der Waals surface area contributed by atoms with E-state index in [1.165, 1.54) is 18.2 Å². The van der Waals surface area contributed by atoms with Gasteiger partial charge in [-0.15, -0.1) is 0 Å². The summed E-state index contributed by atoms with van der Waals surface area (Å²) in [5.74, 6) is 0.127. The van der Waals surface area contributed by atoms with E-state index in [-0.39, 0.29) is 28.8 Å². The van der Waals surface area contributed by atoms with Crippen LogP contribution in [0.15, 0.2) is 48.5 Å². The van der Waals surface area contributed by atoms with Crippen molar-refractivity contribution in [2.75, 3.05) is 19.8 Å². The highest BCUT2D eigenvalue weighted by Crippen LogP contribution is 2.41. The third-order valence-corrected chi connectivity index (χ3v) is 6.32. The molecule has 1 aliphatic rings. The fraction of sp³-hybridized carbons (Fsp3) is 0.400. The van der Waals surface area contributed by atoms with Crippen molar-refractivity contribution in [2.24, 2.45) is 11.1 Å². The van der Waals surface area contributed by atoms with Gasteiger partial charge in [0.25, 0.3) is 0 Å². The third kappa shape index (κ3) is 5.08. The van der Waals surface area contributed by atoms with Crippen LogP contribution < -0.4 is 5.73 Å². The number of hydrogen-bond acceptors (Lipinski definition) is 4. The Morgan fingerprint density at radius 3 is 2.68 bits per heavy atom. The number of halogens is 2. The fourth-order valence-corrected chi connectivity index (χ4v) is 4.72. The highest BCUT2D eigenvalue weighted by Gasteiger charge is 2.43. The number of amides is 2. The number of nitrogens with two attached hydrogens (primary N) is 1. The fourth-order valence-electron chi connectivity index (χ4n) is 4.55. The summed E-state index contributed by atoms with van der Waals surface area (Å²) < 4.78 is 22.3. The van der Waals surface area contributed by atoms with Gasteiger partial charge in [-0.2, -0.15) is 5.10 Å². The molecular weight excluding hydrogens is 457 g/mol. The number of ether oxygens (including phenoxy) is 1. The molecule has 1 saturated heterocycles. The molecule has 9 heteroatoms. The van der Waals surface area contributed by atoms with E-state index < -0.39 is 11.8 Å². The number of nitrogens with zero attached hydrogens (tertiary/aromatic N) is 4. The molecule has 0 bridgehead atoms. The van der Waals surface area contributed by atoms with Crippen molar-refractivity contribution in [3.63, 3.8) is 0 Å². The van der Waals surface area contributed by atoms with E-state index in [4.69, 9.17) is 32.2 Å². The summed E-state index contributed by atoms with van der Waals surface area (Å²) in [6.07, 6.45) is 0. The highest BCUT2D eigenvalue weighted by molar-refractivity contribution is 6.30. The van der Waals surface area contributed by atoms with E-state index in [0.29, 0.717) is 37.2 Å². The van der Waals surface area contributed by atoms with Crippen LogP contribution in [0.2, 0.25) is 5.02 Å². The third-order valence-electron chi connectivity index (χ3n) is 6.09. The van der Waals surface area contributed by atoms with Gasteiger partial charge in [-0.1, -0.05) is 62.7 Å². The maximum atomic E-state index is 14.7. The number of primary amides is 1. The molecule has 0 saturated carbocycles. The van der Waals surface area contributed by atoms with Crippen molar-refractivity contribution >= 4 is 17.6 Å². The van der Waals surface area contributed by atoms with Crippen LogP contribution in [0.25, 0.3) is 11.4 Å². The summed E-state index contributed by atoms with van der Waals surface area (Å²) in [4.78, 5) is 18.8. The molecule has 7 nitrogen and oxygen atoms in total. The molecule has 3 aromatic rings. The quantitative estimate of drug-likeness (QED) is 0.567. The van der Waals surface area contributed by atoms with Gasteiger partial charge in [0.15, 0.2) is 5.82 Å². The van der Waals surface area contributed by atoms with Gasteiger partial charge in [0.1, 0.15) is 11.6 Å². The van der Waals surface area contributed by atoms with Gasteiger partial charge >= 0.3 is 6.03 Å². The number of rotatable bonds is 5. The van der Waals surface area contributed by atoms with Gasteiger partial charge in [0.2, 0.25) is 0 Å². The Morgan fingerprint density at radius 1 is 1.26 bits per heavy atom. The minimum atomic E-state index is -0.502. The molecule has 1 aliphatic heterocycles. The molecule has 2 aromatic carbocycles. The average Bonchev–Trinajstić information content (AvgIpc) is 3.18. The van der Waals surface area contributed by atoms with Crippen molar-refractivity contribution in [3.05, 3.63) is 70.8 Å². The van der Waals surface area contributed by atoms with E-state index in [2.05, 4.69) is 20.8 Å². The molecule has 0 spiro atoms. The minimum Gasteiger partial charge on any atom is -0.377 e. The molecule has 4 rings (SSSR count). The van der Waals surface area contributed by atoms with Crippen LogP contribution in [0, 0.1) is 11.2 Å². The molecule has 34 heavy (non-hydrogen) atoms. The van der Waals surface area contributed by atoms with Gasteiger partial charge in [0, 0.05) is 17.5 Å². The smallest absolute Gasteiger partial charge is 0.315 e. The zero-order chi connectivity index (χ0) is 24.5. The molecule has 1 unspecified atom stereocenters. The second kappa shape index (κ2) is 9.72. The summed E-state index contributed by atoms with van der Waals surface area (Å²) >= 11 is 6.15. The lowest BCUT2D eigenvalue weighted by molar-refractivity contribution is -0.0126. The zero-order valence-electron chi connectivity index (χ0n) is 19.5. The van der Waals surface area contributed by atoms with Crippen LogP contribution in [-0.4, -0.2) is 51.5 Å². The molecule has 2 heterocycles. The Labute approximate surface area is 203 Å². The first kappa shape index (κ1) is 24.2. The summed E-state index contributed by atoms with van der Waals surface area (Å²) in [6, 6.07) is 13.3. The first-order valence-electron chi connectivity index (χ1n) is 11.2. The zero-order valence-corrected chi connectivity index (χ0v) is 20.3. The van der Waals surface area contributed by atoms with E-state index in [1.54, 1.807) is 9.58 Å². The largest absolute Gasteiger partial charge is 0.377 e. The van der Waals surface area contributed by atoms with E-state index in [0.717, 1.165) is 5.56 Å². The SMILES string of the molecule is CC(C)(C)[C@@H](c1nc(-c2cc(Cl)ccc2F)nn1Cc1ccccc1)C1COCCN1C(N)=O. The normalized spacial score (nSPS) is 17.6. The van der Waals surface area contributed by atoms with Crippen LogP contribution in [0.1, 0.15) is 38.1 Å². The number of carbonyl (C=O) groups excluding carboxylic acids is 1. The summed E-state index contributed by atoms with van der Waals surface area (Å²) in [5, 5.41) is 5.10. The maximum absolute atomic E-state index is 14.7. The van der Waals surface area contributed by atoms with Crippen LogP contribution in [0.4, 0.5) is 9.18 Å². The van der Waals surface area contributed by atoms with Crippen LogP contribution in [0.5, 0.6) is 0 Å². The Morgan fingerprint density at radius 2 is 2.00 bits per heavy atom. The Bertz CT molecular complexity index is 1160. The van der Waals surface area contributed by atoms with Crippen molar-refractivity contribution in [3.8, 4) is 11.4 Å². The van der Waals surface area contributed by atoms with Crippen LogP contribution in [-0.2, 0) is 11.3 Å². The predicted octanol–water partition coefficient (Wildman–Crippen LogP) is 4.70. The van der Waals surface area contributed by atoms with Gasteiger partial charge in [-0.3, -0.25) is 0 Å². The van der Waals surface area contributed by atoms with E-state index in [9.17, 15) is 9.18 Å². The summed E-state index contributed by atoms with van der Waals surface area (Å²) in [7, 11) is 0. The molecule has 2 atom stereocenters. The van der Waals surface area contributed by atoms with Gasteiger partial charge < -0.3 is 15.4 Å². The van der Waals surface area contributed by atoms with Crippen molar-refractivity contribution in [1.82, 2.24) is 19.7 Å². The molecule has 0 radical (unpaired) electrons. The second-order valence-corrected chi connectivity index (χ2v) is 10.0. The van der Waals surface area contributed by atoms with Gasteiger partial charge in [0.05, 0.1) is 31.4 Å². The first-order chi connectivity index (χ1) is 16.1. The van der Waals surface area contributed by atoms with E-state index in [1.807, 2.05) is 30.3 Å². The second-order valence-electron chi connectivity index (χ2n) is 9.58. The lowest BCUT2D eigenvalue weighted by Crippen LogP contribution is -2.55. The van der Waals surface area contributed by atoms with Gasteiger partial charge in [-0.05, 0) is 29.2 Å². The molecular formula is C25H29ClFN5O2. The van der Waals surface area contributed by atoms with Crippen molar-refractivity contribution in [2.45, 2.75) is 39.3 Å². The number of benzene rings is 2.